The summed E-state index contributed by atoms with van der Waals surface area (Å²) >= 11 is 7.71. The Morgan fingerprint density at radius 3 is 2.05 bits per heavy atom. The third-order valence-electron chi connectivity index (χ3n) is 6.51. The first-order valence-corrected chi connectivity index (χ1v) is 14.9. The van der Waals surface area contributed by atoms with Crippen LogP contribution >= 0.6 is 23.4 Å². The van der Waals surface area contributed by atoms with Crippen LogP contribution in [0.5, 0.6) is 0 Å². The van der Waals surface area contributed by atoms with Gasteiger partial charge in [0.2, 0.25) is 0 Å². The molecule has 0 aliphatic carbocycles. The molecule has 43 heavy (non-hydrogen) atoms. The van der Waals surface area contributed by atoms with Gasteiger partial charge in [-0.05, 0) is 59.2 Å². The van der Waals surface area contributed by atoms with E-state index in [4.69, 9.17) is 11.6 Å². The van der Waals surface area contributed by atoms with Crippen molar-refractivity contribution < 1.29 is 14.4 Å². The molecule has 5 aromatic carbocycles. The maximum Gasteiger partial charge on any atom is 0.272 e. The molecule has 0 bridgehead atoms. The number of thioether (sulfide) groups is 1. The molecule has 0 saturated heterocycles. The molecule has 0 aromatic heterocycles. The van der Waals surface area contributed by atoms with Gasteiger partial charge in [0.05, 0.1) is 5.75 Å². The van der Waals surface area contributed by atoms with E-state index in [2.05, 4.69) is 10.6 Å². The molecule has 2 amide bonds. The molecule has 5 nitrogen and oxygen atoms in total. The number of hydrogen-bond donors (Lipinski definition) is 2. The topological polar surface area (TPSA) is 75.3 Å². The molecule has 0 fully saturated rings. The molecule has 0 unspecified atom stereocenters. The Hall–Kier alpha value is -4.91. The number of nitrogens with one attached hydrogen (secondary N) is 2. The minimum Gasteiger partial charge on any atom is -0.321 e. The van der Waals surface area contributed by atoms with Crippen molar-refractivity contribution in [3.63, 3.8) is 0 Å². The van der Waals surface area contributed by atoms with Gasteiger partial charge in [-0.15, -0.1) is 11.8 Å². The molecular formula is C36H27ClN2O3S. The average Bonchev–Trinajstić information content (AvgIpc) is 3.05. The summed E-state index contributed by atoms with van der Waals surface area (Å²) < 4.78 is 0. The van der Waals surface area contributed by atoms with Crippen LogP contribution in [0.3, 0.4) is 0 Å². The second-order valence-corrected chi connectivity index (χ2v) is 11.0. The molecule has 7 heteroatoms. The Morgan fingerprint density at radius 1 is 0.674 bits per heavy atom. The predicted molar refractivity (Wildman–Crippen MR) is 175 cm³/mol. The molecule has 0 radical (unpaired) electrons. The fourth-order valence-electron chi connectivity index (χ4n) is 4.26. The highest BCUT2D eigenvalue weighted by atomic mass is 35.5. The van der Waals surface area contributed by atoms with Crippen LogP contribution in [0.1, 0.15) is 26.3 Å². The number of benzene rings is 5. The van der Waals surface area contributed by atoms with E-state index < -0.39 is 11.8 Å². The lowest BCUT2D eigenvalue weighted by molar-refractivity contribution is -0.113. The summed E-state index contributed by atoms with van der Waals surface area (Å²) in [6.07, 6.45) is 1.54. The van der Waals surface area contributed by atoms with Crippen LogP contribution in [0.2, 0.25) is 5.02 Å². The minimum absolute atomic E-state index is 0.00707. The van der Waals surface area contributed by atoms with E-state index in [1.807, 2.05) is 66.7 Å². The van der Waals surface area contributed by atoms with Gasteiger partial charge in [-0.1, -0.05) is 109 Å². The van der Waals surface area contributed by atoms with Crippen molar-refractivity contribution in [2.75, 3.05) is 11.1 Å². The van der Waals surface area contributed by atoms with Crippen molar-refractivity contribution >= 4 is 52.7 Å². The van der Waals surface area contributed by atoms with Crippen LogP contribution in [0.15, 0.2) is 144 Å². The standard InChI is InChI=1S/C36H27ClN2O3S/c37-32-17-8-7-14-29(32)22-33(39-35(41)28-12-5-2-6-13-28)36(42)38-30-15-9-16-31(23-30)43-24-34(40)27-20-18-26(19-21-27)25-10-3-1-4-11-25/h1-23H,24H2,(H,38,42)(H,39,41)/b33-22-. The van der Waals surface area contributed by atoms with Crippen LogP contribution in [-0.2, 0) is 4.79 Å². The van der Waals surface area contributed by atoms with Crippen molar-refractivity contribution in [2.45, 2.75) is 4.90 Å². The lowest BCUT2D eigenvalue weighted by atomic mass is 10.0. The number of rotatable bonds is 10. The third-order valence-corrected chi connectivity index (χ3v) is 7.85. The second-order valence-electron chi connectivity index (χ2n) is 9.54. The summed E-state index contributed by atoms with van der Waals surface area (Å²) in [6.45, 7) is 0. The van der Waals surface area contributed by atoms with E-state index in [1.165, 1.54) is 11.8 Å². The summed E-state index contributed by atoms with van der Waals surface area (Å²) in [6, 6.07) is 40.5. The SMILES string of the molecule is O=C(Nc1cccc(SCC(=O)c2ccc(-c3ccccc3)cc2)c1)/C(=C/c1ccccc1Cl)NC(=O)c1ccccc1. The zero-order valence-electron chi connectivity index (χ0n) is 23.0. The van der Waals surface area contributed by atoms with Gasteiger partial charge in [-0.25, -0.2) is 0 Å². The number of carbonyl (C=O) groups is 3. The second kappa shape index (κ2) is 14.3. The predicted octanol–water partition coefficient (Wildman–Crippen LogP) is 8.39. The number of hydrogen-bond acceptors (Lipinski definition) is 4. The Bertz CT molecular complexity index is 1770. The van der Waals surface area contributed by atoms with Gasteiger partial charge in [-0.3, -0.25) is 14.4 Å². The molecule has 0 atom stereocenters. The van der Waals surface area contributed by atoms with Crippen LogP contribution in [-0.4, -0.2) is 23.4 Å². The fourth-order valence-corrected chi connectivity index (χ4v) is 5.30. The maximum absolute atomic E-state index is 13.4. The summed E-state index contributed by atoms with van der Waals surface area (Å²) in [5.74, 6) is -0.686. The van der Waals surface area contributed by atoms with E-state index in [-0.39, 0.29) is 17.2 Å². The van der Waals surface area contributed by atoms with Gasteiger partial charge in [0.1, 0.15) is 5.70 Å². The van der Waals surface area contributed by atoms with E-state index in [0.29, 0.717) is 27.4 Å². The Labute approximate surface area is 259 Å². The average molecular weight is 603 g/mol. The summed E-state index contributed by atoms with van der Waals surface area (Å²) in [5, 5.41) is 6.02. The zero-order chi connectivity index (χ0) is 30.0. The molecule has 212 valence electrons. The van der Waals surface area contributed by atoms with Crippen LogP contribution in [0.25, 0.3) is 17.2 Å². The minimum atomic E-state index is -0.513. The van der Waals surface area contributed by atoms with Crippen molar-refractivity contribution in [3.8, 4) is 11.1 Å². The zero-order valence-corrected chi connectivity index (χ0v) is 24.6. The van der Waals surface area contributed by atoms with Crippen molar-refractivity contribution in [1.29, 1.82) is 0 Å². The lowest BCUT2D eigenvalue weighted by Gasteiger charge is -2.12. The van der Waals surface area contributed by atoms with Gasteiger partial charge in [0, 0.05) is 26.7 Å². The highest BCUT2D eigenvalue weighted by molar-refractivity contribution is 8.00. The summed E-state index contributed by atoms with van der Waals surface area (Å²) in [4.78, 5) is 40.0. The summed E-state index contributed by atoms with van der Waals surface area (Å²) in [5.41, 5.74) is 4.35. The Balaban J connectivity index is 1.26. The van der Waals surface area contributed by atoms with Gasteiger partial charge in [0.15, 0.2) is 5.78 Å². The van der Waals surface area contributed by atoms with Crippen LogP contribution in [0.4, 0.5) is 5.69 Å². The maximum atomic E-state index is 13.4. The first-order valence-electron chi connectivity index (χ1n) is 13.5. The van der Waals surface area contributed by atoms with E-state index >= 15 is 0 Å². The molecule has 0 spiro atoms. The fraction of sp³-hybridized carbons (Fsp3) is 0.0278. The van der Waals surface area contributed by atoms with Crippen molar-refractivity contribution in [2.24, 2.45) is 0 Å². The first kappa shape index (κ1) is 29.6. The Morgan fingerprint density at radius 2 is 1.33 bits per heavy atom. The van der Waals surface area contributed by atoms with Crippen molar-refractivity contribution in [3.05, 3.63) is 161 Å². The summed E-state index contributed by atoms with van der Waals surface area (Å²) in [7, 11) is 0. The van der Waals surface area contributed by atoms with Gasteiger partial charge >= 0.3 is 0 Å². The van der Waals surface area contributed by atoms with E-state index in [1.54, 1.807) is 72.8 Å². The third kappa shape index (κ3) is 8.10. The normalized spacial score (nSPS) is 11.0. The molecular weight excluding hydrogens is 576 g/mol. The molecule has 0 heterocycles. The van der Waals surface area contributed by atoms with Crippen LogP contribution < -0.4 is 10.6 Å². The molecule has 5 rings (SSSR count). The number of anilines is 1. The van der Waals surface area contributed by atoms with Gasteiger partial charge in [0.25, 0.3) is 11.8 Å². The Kier molecular flexibility index (Phi) is 9.85. The number of halogens is 1. The molecule has 0 saturated carbocycles. The van der Waals surface area contributed by atoms with E-state index in [0.717, 1.165) is 16.0 Å². The molecule has 0 aliphatic heterocycles. The smallest absolute Gasteiger partial charge is 0.272 e. The van der Waals surface area contributed by atoms with Crippen LogP contribution in [0, 0.1) is 0 Å². The molecule has 2 N–H and O–H groups in total. The number of Topliss-reactive ketones (excluding diaryl/α,β-unsaturated/α-hetero) is 1. The number of carbonyl (C=O) groups excluding carboxylic acids is 3. The van der Waals surface area contributed by atoms with Crippen molar-refractivity contribution in [1.82, 2.24) is 5.32 Å². The first-order chi connectivity index (χ1) is 21.0. The highest BCUT2D eigenvalue weighted by Gasteiger charge is 2.16. The van der Waals surface area contributed by atoms with Gasteiger partial charge in [-0.2, -0.15) is 0 Å². The quantitative estimate of drug-likeness (QED) is 0.0956. The number of ketones is 1. The lowest BCUT2D eigenvalue weighted by Crippen LogP contribution is -2.30. The van der Waals surface area contributed by atoms with E-state index in [9.17, 15) is 14.4 Å². The number of amides is 2. The highest BCUT2D eigenvalue weighted by Crippen LogP contribution is 2.25. The van der Waals surface area contributed by atoms with Gasteiger partial charge < -0.3 is 10.6 Å². The molecule has 0 aliphatic rings. The largest absolute Gasteiger partial charge is 0.321 e. The monoisotopic (exact) mass is 602 g/mol. The molecule has 5 aromatic rings.